The number of rotatable bonds is 7. The molecule has 2 N–H and O–H groups in total. The second kappa shape index (κ2) is 9.46. The summed E-state index contributed by atoms with van der Waals surface area (Å²) in [6, 6.07) is 8.99. The fourth-order valence-electron chi connectivity index (χ4n) is 3.36. The number of nitrogens with two attached hydrogens (primary N) is 1. The van der Waals surface area contributed by atoms with Crippen molar-refractivity contribution in [2.75, 3.05) is 44.8 Å². The molecule has 0 aliphatic carbocycles. The number of hydrogen-bond donors (Lipinski definition) is 1. The highest BCUT2D eigenvalue weighted by Crippen LogP contribution is 2.25. The number of piperazine rings is 1. The molecule has 0 bridgehead atoms. The summed E-state index contributed by atoms with van der Waals surface area (Å²) in [6.45, 7) is 2.80. The van der Waals surface area contributed by atoms with Crippen LogP contribution in [0.2, 0.25) is 0 Å². The van der Waals surface area contributed by atoms with Crippen molar-refractivity contribution in [3.05, 3.63) is 53.3 Å². The van der Waals surface area contributed by atoms with Crippen molar-refractivity contribution in [3.63, 3.8) is 0 Å². The first-order chi connectivity index (χ1) is 14.8. The van der Waals surface area contributed by atoms with E-state index in [-0.39, 0.29) is 29.6 Å². The molecular formula is C22H24FN3O5. The maximum Gasteiger partial charge on any atom is 0.260 e. The van der Waals surface area contributed by atoms with Crippen LogP contribution in [-0.4, -0.2) is 62.4 Å². The van der Waals surface area contributed by atoms with Crippen molar-refractivity contribution < 1.29 is 28.2 Å². The smallest absolute Gasteiger partial charge is 0.260 e. The molecule has 1 aliphatic heterocycles. The number of amides is 2. The summed E-state index contributed by atoms with van der Waals surface area (Å²) in [4.78, 5) is 39.0. The SMILES string of the molecule is COc1ccc(OCC(=O)N2CCN(c3ccc(C(C)=O)cc3F)CC2)c(C(N)=O)c1. The topological polar surface area (TPSA) is 102 Å². The van der Waals surface area contributed by atoms with Gasteiger partial charge in [-0.2, -0.15) is 0 Å². The Morgan fingerprint density at radius 3 is 2.35 bits per heavy atom. The van der Waals surface area contributed by atoms with Gasteiger partial charge in [0.1, 0.15) is 17.3 Å². The van der Waals surface area contributed by atoms with Crippen LogP contribution in [0, 0.1) is 5.82 Å². The number of hydrogen-bond acceptors (Lipinski definition) is 6. The standard InChI is InChI=1S/C22H24FN3O5/c1-14(27)15-3-5-19(18(23)11-15)25-7-9-26(10-8-25)21(28)13-31-20-6-4-16(30-2)12-17(20)22(24)29/h3-6,11-12H,7-10,13H2,1-2H3,(H2,24,29). The lowest BCUT2D eigenvalue weighted by Crippen LogP contribution is -2.50. The van der Waals surface area contributed by atoms with Gasteiger partial charge in [0, 0.05) is 31.7 Å². The van der Waals surface area contributed by atoms with Gasteiger partial charge in [0.25, 0.3) is 11.8 Å². The quantitative estimate of drug-likeness (QED) is 0.674. The van der Waals surface area contributed by atoms with Crippen LogP contribution in [0.25, 0.3) is 0 Å². The van der Waals surface area contributed by atoms with Crippen LogP contribution in [0.5, 0.6) is 11.5 Å². The molecule has 1 aliphatic rings. The second-order valence-electron chi connectivity index (χ2n) is 7.11. The van der Waals surface area contributed by atoms with E-state index in [0.717, 1.165) is 0 Å². The van der Waals surface area contributed by atoms with Gasteiger partial charge in [-0.1, -0.05) is 0 Å². The molecule has 8 nitrogen and oxygen atoms in total. The molecule has 0 aromatic heterocycles. The minimum absolute atomic E-state index is 0.126. The molecule has 9 heteroatoms. The van der Waals surface area contributed by atoms with E-state index in [2.05, 4.69) is 0 Å². The number of anilines is 1. The Morgan fingerprint density at radius 2 is 1.77 bits per heavy atom. The Labute approximate surface area is 179 Å². The third kappa shape index (κ3) is 5.11. The van der Waals surface area contributed by atoms with Gasteiger partial charge in [-0.05, 0) is 43.3 Å². The van der Waals surface area contributed by atoms with E-state index in [9.17, 15) is 18.8 Å². The molecule has 0 atom stereocenters. The monoisotopic (exact) mass is 429 g/mol. The van der Waals surface area contributed by atoms with Crippen LogP contribution in [0.3, 0.4) is 0 Å². The maximum absolute atomic E-state index is 14.4. The Hall–Kier alpha value is -3.62. The molecule has 2 amide bonds. The highest BCUT2D eigenvalue weighted by Gasteiger charge is 2.24. The zero-order valence-electron chi connectivity index (χ0n) is 17.4. The number of primary amides is 1. The summed E-state index contributed by atoms with van der Waals surface area (Å²) >= 11 is 0. The highest BCUT2D eigenvalue weighted by atomic mass is 19.1. The molecule has 164 valence electrons. The molecule has 3 rings (SSSR count). The lowest BCUT2D eigenvalue weighted by molar-refractivity contribution is -0.133. The number of halogens is 1. The summed E-state index contributed by atoms with van der Waals surface area (Å²) in [5.74, 6) is -0.947. The summed E-state index contributed by atoms with van der Waals surface area (Å²) in [5.41, 5.74) is 6.22. The first-order valence-corrected chi connectivity index (χ1v) is 9.74. The largest absolute Gasteiger partial charge is 0.497 e. The molecular weight excluding hydrogens is 405 g/mol. The fourth-order valence-corrected chi connectivity index (χ4v) is 3.36. The first kappa shape index (κ1) is 22.1. The van der Waals surface area contributed by atoms with E-state index in [1.165, 1.54) is 32.2 Å². The fraction of sp³-hybridized carbons (Fsp3) is 0.318. The second-order valence-corrected chi connectivity index (χ2v) is 7.11. The Morgan fingerprint density at radius 1 is 1.06 bits per heavy atom. The zero-order chi connectivity index (χ0) is 22.5. The Kier molecular flexibility index (Phi) is 6.74. The predicted molar refractivity (Wildman–Crippen MR) is 112 cm³/mol. The van der Waals surface area contributed by atoms with E-state index in [4.69, 9.17) is 15.2 Å². The van der Waals surface area contributed by atoms with Crippen molar-refractivity contribution >= 4 is 23.3 Å². The average Bonchev–Trinajstić information content (AvgIpc) is 2.77. The van der Waals surface area contributed by atoms with E-state index in [1.54, 1.807) is 23.1 Å². The molecule has 1 fully saturated rings. The molecule has 1 heterocycles. The van der Waals surface area contributed by atoms with Crippen LogP contribution < -0.4 is 20.1 Å². The van der Waals surface area contributed by atoms with Crippen molar-refractivity contribution in [1.82, 2.24) is 4.90 Å². The van der Waals surface area contributed by atoms with Crippen molar-refractivity contribution in [1.29, 1.82) is 0 Å². The minimum Gasteiger partial charge on any atom is -0.497 e. The van der Waals surface area contributed by atoms with Gasteiger partial charge in [0.2, 0.25) is 0 Å². The normalized spacial score (nSPS) is 13.6. The summed E-state index contributed by atoms with van der Waals surface area (Å²) in [6.07, 6.45) is 0. The first-order valence-electron chi connectivity index (χ1n) is 9.74. The number of ketones is 1. The lowest BCUT2D eigenvalue weighted by Gasteiger charge is -2.36. The molecule has 2 aromatic rings. The number of ether oxygens (including phenoxy) is 2. The van der Waals surface area contributed by atoms with Gasteiger partial charge in [0.15, 0.2) is 12.4 Å². The molecule has 0 saturated carbocycles. The molecule has 0 radical (unpaired) electrons. The maximum atomic E-state index is 14.4. The van der Waals surface area contributed by atoms with Crippen LogP contribution in [0.1, 0.15) is 27.6 Å². The Bertz CT molecular complexity index is 1000. The van der Waals surface area contributed by atoms with Crippen LogP contribution in [-0.2, 0) is 4.79 Å². The Balaban J connectivity index is 1.58. The number of carbonyl (C=O) groups is 3. The number of carbonyl (C=O) groups excluding carboxylic acids is 3. The zero-order valence-corrected chi connectivity index (χ0v) is 17.4. The van der Waals surface area contributed by atoms with Gasteiger partial charge in [0.05, 0.1) is 18.4 Å². The number of nitrogens with zero attached hydrogens (tertiary/aromatic N) is 2. The minimum atomic E-state index is -0.687. The number of methoxy groups -OCH3 is 1. The van der Waals surface area contributed by atoms with E-state index < -0.39 is 11.7 Å². The van der Waals surface area contributed by atoms with Crippen molar-refractivity contribution in [2.45, 2.75) is 6.92 Å². The average molecular weight is 429 g/mol. The van der Waals surface area contributed by atoms with Crippen molar-refractivity contribution in [2.24, 2.45) is 5.73 Å². The van der Waals surface area contributed by atoms with Gasteiger partial charge in [-0.3, -0.25) is 14.4 Å². The number of benzene rings is 2. The van der Waals surface area contributed by atoms with Crippen LogP contribution >= 0.6 is 0 Å². The third-order valence-corrected chi connectivity index (χ3v) is 5.13. The van der Waals surface area contributed by atoms with E-state index in [1.807, 2.05) is 4.90 Å². The van der Waals surface area contributed by atoms with Crippen molar-refractivity contribution in [3.8, 4) is 11.5 Å². The highest BCUT2D eigenvalue weighted by molar-refractivity contribution is 5.96. The summed E-state index contributed by atoms with van der Waals surface area (Å²) in [7, 11) is 1.47. The molecule has 0 unspecified atom stereocenters. The molecule has 2 aromatic carbocycles. The van der Waals surface area contributed by atoms with Crippen LogP contribution in [0.15, 0.2) is 36.4 Å². The number of Topliss-reactive ketones (excluding diaryl/α,β-unsaturated/α-hetero) is 1. The van der Waals surface area contributed by atoms with Gasteiger partial charge >= 0.3 is 0 Å². The van der Waals surface area contributed by atoms with Gasteiger partial charge in [-0.15, -0.1) is 0 Å². The molecule has 0 spiro atoms. The summed E-state index contributed by atoms with van der Waals surface area (Å²) < 4.78 is 25.0. The third-order valence-electron chi connectivity index (χ3n) is 5.13. The van der Waals surface area contributed by atoms with Gasteiger partial charge < -0.3 is 25.0 Å². The lowest BCUT2D eigenvalue weighted by atomic mass is 10.1. The molecule has 1 saturated heterocycles. The molecule has 31 heavy (non-hydrogen) atoms. The van der Waals surface area contributed by atoms with E-state index in [0.29, 0.717) is 43.2 Å². The van der Waals surface area contributed by atoms with Gasteiger partial charge in [-0.25, -0.2) is 4.39 Å². The van der Waals surface area contributed by atoms with E-state index >= 15 is 0 Å². The van der Waals surface area contributed by atoms with Crippen LogP contribution in [0.4, 0.5) is 10.1 Å². The summed E-state index contributed by atoms with van der Waals surface area (Å²) in [5, 5.41) is 0. The predicted octanol–water partition coefficient (Wildman–Crippen LogP) is 1.86.